The maximum atomic E-state index is 13.5. The molecule has 0 aliphatic carbocycles. The summed E-state index contributed by atoms with van der Waals surface area (Å²) in [6, 6.07) is 2.36. The molecule has 1 amide bonds. The van der Waals surface area contributed by atoms with Gasteiger partial charge < -0.3 is 15.8 Å². The third-order valence-corrected chi connectivity index (χ3v) is 2.62. The summed E-state index contributed by atoms with van der Waals surface area (Å²) in [5.41, 5.74) is 5.99. The van der Waals surface area contributed by atoms with E-state index in [1.807, 2.05) is 0 Å². The molecule has 0 saturated carbocycles. The third kappa shape index (κ3) is 3.67. The highest BCUT2D eigenvalue weighted by Gasteiger charge is 2.19. The quantitative estimate of drug-likeness (QED) is 0.639. The van der Waals surface area contributed by atoms with E-state index in [1.165, 1.54) is 19.9 Å². The number of amides is 1. The van der Waals surface area contributed by atoms with Gasteiger partial charge in [0.15, 0.2) is 6.10 Å². The molecule has 1 aromatic rings. The Balaban J connectivity index is 2.82. The van der Waals surface area contributed by atoms with Crippen molar-refractivity contribution in [3.8, 4) is 0 Å². The van der Waals surface area contributed by atoms with Crippen molar-refractivity contribution in [3.63, 3.8) is 0 Å². The van der Waals surface area contributed by atoms with E-state index in [-0.39, 0.29) is 16.8 Å². The molecule has 5 nitrogen and oxygen atoms in total. The number of ether oxygens (including phenoxy) is 1. The van der Waals surface area contributed by atoms with Gasteiger partial charge in [-0.3, -0.25) is 4.79 Å². The van der Waals surface area contributed by atoms with Crippen molar-refractivity contribution in [3.05, 3.63) is 29.1 Å². The van der Waals surface area contributed by atoms with Crippen LogP contribution in [0.4, 0.5) is 10.1 Å². The molecule has 104 valence electrons. The summed E-state index contributed by atoms with van der Waals surface area (Å²) in [6.07, 6.45) is -0.946. The van der Waals surface area contributed by atoms with Crippen LogP contribution in [-0.4, -0.2) is 24.5 Å². The van der Waals surface area contributed by atoms with E-state index in [0.29, 0.717) is 6.54 Å². The number of likely N-dealkylation sites (N-methyl/N-ethyl adjacent to an activating group) is 1. The predicted molar refractivity (Wildman–Crippen MR) is 69.1 cm³/mol. The Morgan fingerprint density at radius 2 is 2.11 bits per heavy atom. The van der Waals surface area contributed by atoms with Gasteiger partial charge in [-0.25, -0.2) is 9.18 Å². The Hall–Kier alpha value is -2.11. The lowest BCUT2D eigenvalue weighted by Gasteiger charge is -2.13. The van der Waals surface area contributed by atoms with Crippen LogP contribution in [0, 0.1) is 12.7 Å². The molecule has 0 spiro atoms. The van der Waals surface area contributed by atoms with Crippen molar-refractivity contribution in [2.24, 2.45) is 0 Å². The molecule has 19 heavy (non-hydrogen) atoms. The summed E-state index contributed by atoms with van der Waals surface area (Å²) in [5.74, 6) is -1.78. The van der Waals surface area contributed by atoms with Crippen LogP contribution in [0.5, 0.6) is 0 Å². The van der Waals surface area contributed by atoms with Crippen molar-refractivity contribution in [1.82, 2.24) is 5.32 Å². The zero-order valence-corrected chi connectivity index (χ0v) is 11.1. The van der Waals surface area contributed by atoms with Gasteiger partial charge in [0.25, 0.3) is 5.91 Å². The maximum Gasteiger partial charge on any atom is 0.339 e. The standard InChI is InChI=1S/C13H17FN2O3/c1-4-16-12(17)8(3)19-13(18)9-5-10(14)7(2)11(15)6-9/h5-6,8H,4,15H2,1-3H3,(H,16,17). The highest BCUT2D eigenvalue weighted by atomic mass is 19.1. The summed E-state index contributed by atoms with van der Waals surface area (Å²) < 4.78 is 18.4. The van der Waals surface area contributed by atoms with E-state index >= 15 is 0 Å². The van der Waals surface area contributed by atoms with Crippen molar-refractivity contribution in [1.29, 1.82) is 0 Å². The van der Waals surface area contributed by atoms with Crippen LogP contribution in [-0.2, 0) is 9.53 Å². The monoisotopic (exact) mass is 268 g/mol. The first-order chi connectivity index (χ1) is 8.86. The van der Waals surface area contributed by atoms with E-state index in [2.05, 4.69) is 5.32 Å². The van der Waals surface area contributed by atoms with E-state index in [4.69, 9.17) is 10.5 Å². The molecular weight excluding hydrogens is 251 g/mol. The summed E-state index contributed by atoms with van der Waals surface area (Å²) >= 11 is 0. The SMILES string of the molecule is CCNC(=O)C(C)OC(=O)c1cc(N)c(C)c(F)c1. The van der Waals surface area contributed by atoms with Crippen molar-refractivity contribution in [2.75, 3.05) is 12.3 Å². The van der Waals surface area contributed by atoms with Gasteiger partial charge in [-0.2, -0.15) is 0 Å². The number of esters is 1. The molecule has 6 heteroatoms. The molecule has 3 N–H and O–H groups in total. The van der Waals surface area contributed by atoms with E-state index in [1.54, 1.807) is 6.92 Å². The minimum Gasteiger partial charge on any atom is -0.449 e. The molecule has 0 aromatic heterocycles. The maximum absolute atomic E-state index is 13.5. The average Bonchev–Trinajstić information content (AvgIpc) is 2.35. The molecule has 0 radical (unpaired) electrons. The lowest BCUT2D eigenvalue weighted by Crippen LogP contribution is -2.35. The minimum atomic E-state index is -0.946. The molecule has 0 aliphatic heterocycles. The number of hydrogen-bond donors (Lipinski definition) is 2. The number of nitrogens with one attached hydrogen (secondary N) is 1. The zero-order chi connectivity index (χ0) is 14.6. The molecule has 1 atom stereocenters. The van der Waals surface area contributed by atoms with Crippen LogP contribution < -0.4 is 11.1 Å². The summed E-state index contributed by atoms with van der Waals surface area (Å²) in [7, 11) is 0. The third-order valence-electron chi connectivity index (χ3n) is 2.62. The second-order valence-electron chi connectivity index (χ2n) is 4.11. The number of nitrogen functional groups attached to an aromatic ring is 1. The number of carbonyl (C=O) groups is 2. The molecule has 0 bridgehead atoms. The van der Waals surface area contributed by atoms with E-state index in [9.17, 15) is 14.0 Å². The first kappa shape index (κ1) is 14.9. The lowest BCUT2D eigenvalue weighted by molar-refractivity contribution is -0.128. The van der Waals surface area contributed by atoms with Crippen LogP contribution in [0.25, 0.3) is 0 Å². The smallest absolute Gasteiger partial charge is 0.339 e. The highest BCUT2D eigenvalue weighted by Crippen LogP contribution is 2.18. The number of hydrogen-bond acceptors (Lipinski definition) is 4. The summed E-state index contributed by atoms with van der Waals surface area (Å²) in [6.45, 7) is 5.14. The van der Waals surface area contributed by atoms with Gasteiger partial charge in [-0.15, -0.1) is 0 Å². The number of anilines is 1. The molecule has 0 saturated heterocycles. The molecule has 0 heterocycles. The van der Waals surface area contributed by atoms with Crippen LogP contribution in [0.3, 0.4) is 0 Å². The Bertz CT molecular complexity index is 480. The second kappa shape index (κ2) is 6.17. The second-order valence-corrected chi connectivity index (χ2v) is 4.11. The van der Waals surface area contributed by atoms with E-state index < -0.39 is 23.8 Å². The number of nitrogens with two attached hydrogens (primary N) is 1. The van der Waals surface area contributed by atoms with Gasteiger partial charge in [0, 0.05) is 17.8 Å². The Kier molecular flexibility index (Phi) is 4.86. The van der Waals surface area contributed by atoms with Gasteiger partial charge in [-0.1, -0.05) is 0 Å². The predicted octanol–water partition coefficient (Wildman–Crippen LogP) is 1.40. The molecule has 1 rings (SSSR count). The number of carbonyl (C=O) groups excluding carboxylic acids is 2. The van der Waals surface area contributed by atoms with Gasteiger partial charge in [0.2, 0.25) is 0 Å². The van der Waals surface area contributed by atoms with Crippen LogP contribution in [0.1, 0.15) is 29.8 Å². The van der Waals surface area contributed by atoms with Gasteiger partial charge >= 0.3 is 5.97 Å². The fraction of sp³-hybridized carbons (Fsp3) is 0.385. The molecule has 0 fully saturated rings. The van der Waals surface area contributed by atoms with Gasteiger partial charge in [0.05, 0.1) is 5.56 Å². The Labute approximate surface area is 110 Å². The Morgan fingerprint density at radius 1 is 1.47 bits per heavy atom. The molecule has 1 unspecified atom stereocenters. The van der Waals surface area contributed by atoms with Gasteiger partial charge in [0.1, 0.15) is 5.82 Å². The fourth-order valence-corrected chi connectivity index (χ4v) is 1.42. The van der Waals surface area contributed by atoms with Crippen molar-refractivity contribution < 1.29 is 18.7 Å². The van der Waals surface area contributed by atoms with Crippen molar-refractivity contribution in [2.45, 2.75) is 26.9 Å². The largest absolute Gasteiger partial charge is 0.449 e. The zero-order valence-electron chi connectivity index (χ0n) is 11.1. The number of rotatable bonds is 4. The van der Waals surface area contributed by atoms with Crippen LogP contribution >= 0.6 is 0 Å². The topological polar surface area (TPSA) is 81.4 Å². The summed E-state index contributed by atoms with van der Waals surface area (Å²) in [5, 5.41) is 2.52. The number of halogens is 1. The molecular formula is C13H17FN2O3. The number of benzene rings is 1. The molecule has 1 aromatic carbocycles. The average molecular weight is 268 g/mol. The van der Waals surface area contributed by atoms with Crippen LogP contribution in [0.15, 0.2) is 12.1 Å². The lowest BCUT2D eigenvalue weighted by atomic mass is 10.1. The Morgan fingerprint density at radius 3 is 2.63 bits per heavy atom. The van der Waals surface area contributed by atoms with Gasteiger partial charge in [-0.05, 0) is 32.9 Å². The van der Waals surface area contributed by atoms with Crippen LogP contribution in [0.2, 0.25) is 0 Å². The molecule has 0 aliphatic rings. The fourth-order valence-electron chi connectivity index (χ4n) is 1.42. The normalized spacial score (nSPS) is 11.8. The van der Waals surface area contributed by atoms with E-state index in [0.717, 1.165) is 6.07 Å². The summed E-state index contributed by atoms with van der Waals surface area (Å²) in [4.78, 5) is 23.2. The van der Waals surface area contributed by atoms with Crippen molar-refractivity contribution >= 4 is 17.6 Å². The first-order valence-electron chi connectivity index (χ1n) is 5.91. The highest BCUT2D eigenvalue weighted by molar-refractivity contribution is 5.93. The first-order valence-corrected chi connectivity index (χ1v) is 5.91. The minimum absolute atomic E-state index is 0.0169.